The molecule has 0 atom stereocenters. The Morgan fingerprint density at radius 3 is 1.67 bits per heavy atom. The predicted molar refractivity (Wildman–Crippen MR) is 232 cm³/mol. The zero-order valence-corrected chi connectivity index (χ0v) is 36.3. The molecule has 324 valence electrons. The molecular weight excluding hydrogens is 908 g/mol. The van der Waals surface area contributed by atoms with Crippen molar-refractivity contribution in [1.82, 2.24) is 19.4 Å². The Morgan fingerprint density at radius 1 is 0.672 bits per heavy atom. The van der Waals surface area contributed by atoms with E-state index in [1.807, 2.05) is 9.80 Å². The van der Waals surface area contributed by atoms with Gasteiger partial charge >= 0.3 is 11.5 Å². The Balaban J connectivity index is 0.000000171. The average Bonchev–Trinajstić information content (AvgIpc) is 3.77. The molecule has 0 unspecified atom stereocenters. The van der Waals surface area contributed by atoms with Crippen molar-refractivity contribution in [3.05, 3.63) is 113 Å². The topological polar surface area (TPSA) is 147 Å². The number of halogens is 7. The summed E-state index contributed by atoms with van der Waals surface area (Å²) in [5.41, 5.74) is 2.80. The number of methoxy groups -OCH3 is 2. The summed E-state index contributed by atoms with van der Waals surface area (Å²) < 4.78 is 49.8. The molecule has 2 saturated heterocycles. The summed E-state index contributed by atoms with van der Waals surface area (Å²) >= 11 is 28.9. The SMILES string of the molecule is COc1cc(N2CCN(C(=O)CCl)CC2)c(F)cc1Cl.COc1cc(N2CCN(C(=O)Cn3c(=O)oc4cc(Cl)ccc43)CC2)c(F)cc1Cl.O=c1[nH]c2ccc(Cl)cc2o1. The zero-order chi connectivity index (χ0) is 44.0. The van der Waals surface area contributed by atoms with Crippen LogP contribution < -0.4 is 30.8 Å². The van der Waals surface area contributed by atoms with E-state index in [9.17, 15) is 28.0 Å². The van der Waals surface area contributed by atoms with Crippen LogP contribution >= 0.6 is 58.0 Å². The minimum absolute atomic E-state index is 0.0247. The normalized spacial score (nSPS) is 14.0. The van der Waals surface area contributed by atoms with Gasteiger partial charge in [0.25, 0.3) is 0 Å². The van der Waals surface area contributed by atoms with Gasteiger partial charge in [0.1, 0.15) is 35.6 Å². The Kier molecular flexibility index (Phi) is 15.0. The van der Waals surface area contributed by atoms with E-state index in [1.165, 1.54) is 37.0 Å². The van der Waals surface area contributed by atoms with Crippen LogP contribution in [0.2, 0.25) is 20.1 Å². The number of oxazole rings is 2. The molecular formula is C40H37Cl5F2N6O8. The molecule has 1 N–H and O–H groups in total. The number of nitrogens with zero attached hydrogens (tertiary/aromatic N) is 5. The second-order valence-electron chi connectivity index (χ2n) is 13.5. The first-order chi connectivity index (χ1) is 29.2. The molecule has 0 aliphatic carbocycles. The molecule has 2 aliphatic rings. The summed E-state index contributed by atoms with van der Waals surface area (Å²) in [6, 6.07) is 15.4. The molecule has 14 nitrogen and oxygen atoms in total. The second kappa shape index (κ2) is 20.2. The van der Waals surface area contributed by atoms with Gasteiger partial charge in [-0.05, 0) is 36.4 Å². The van der Waals surface area contributed by atoms with Gasteiger partial charge in [0.2, 0.25) is 11.8 Å². The standard InChI is InChI=1S/C20H18Cl2FN3O4.C13H15Cl2FN2O2.C7H4ClNO2/c1-29-17-10-16(14(23)9-13(17)22)24-4-6-25(7-5-24)19(27)11-26-15-3-2-12(21)8-18(15)30-20(26)28;1-20-12-7-11(10(16)6-9(12)15)17-2-4-18(5-3-17)13(19)8-14;8-4-1-2-5-6(3-4)11-7(10)9-5/h2-3,8-10H,4-7,11H2,1H3;6-7H,2-5,8H2,1H3;1-3H,(H,9,10). The lowest BCUT2D eigenvalue weighted by atomic mass is 10.2. The van der Waals surface area contributed by atoms with Crippen LogP contribution in [0.4, 0.5) is 20.2 Å². The lowest BCUT2D eigenvalue weighted by Gasteiger charge is -2.36. The largest absolute Gasteiger partial charge is 0.495 e. The van der Waals surface area contributed by atoms with Crippen molar-refractivity contribution in [2.45, 2.75) is 6.54 Å². The number of carbonyl (C=O) groups is 2. The predicted octanol–water partition coefficient (Wildman–Crippen LogP) is 7.55. The fraction of sp³-hybridized carbons (Fsp3) is 0.300. The third kappa shape index (κ3) is 10.9. The first-order valence-corrected chi connectivity index (χ1v) is 20.5. The van der Waals surface area contributed by atoms with Crippen LogP contribution in [0.25, 0.3) is 22.2 Å². The van der Waals surface area contributed by atoms with Gasteiger partial charge < -0.3 is 37.9 Å². The van der Waals surface area contributed by atoms with E-state index < -0.39 is 23.1 Å². The monoisotopic (exact) mass is 942 g/mol. The molecule has 21 heteroatoms. The van der Waals surface area contributed by atoms with E-state index in [0.717, 1.165) is 0 Å². The number of hydrogen-bond acceptors (Lipinski definition) is 10. The van der Waals surface area contributed by atoms with Gasteiger partial charge in [0.15, 0.2) is 11.2 Å². The second-order valence-corrected chi connectivity index (χ2v) is 15.4. The smallest absolute Gasteiger partial charge is 0.420 e. The quantitative estimate of drug-likeness (QED) is 0.159. The van der Waals surface area contributed by atoms with Gasteiger partial charge in [-0.3, -0.25) is 19.1 Å². The molecule has 4 heterocycles. The molecule has 6 aromatic rings. The maximum absolute atomic E-state index is 14.4. The Hall–Kier alpha value is -5.13. The summed E-state index contributed by atoms with van der Waals surface area (Å²) in [4.78, 5) is 56.5. The van der Waals surface area contributed by atoms with Gasteiger partial charge in [0.05, 0.1) is 46.7 Å². The number of alkyl halides is 1. The van der Waals surface area contributed by atoms with E-state index in [0.29, 0.717) is 107 Å². The number of aromatic amines is 1. The number of ether oxygens (including phenoxy) is 2. The molecule has 2 aromatic heterocycles. The van der Waals surface area contributed by atoms with Crippen LogP contribution in [0, 0.1) is 11.6 Å². The van der Waals surface area contributed by atoms with Crippen molar-refractivity contribution in [3.8, 4) is 11.5 Å². The third-order valence-electron chi connectivity index (χ3n) is 9.81. The molecule has 0 spiro atoms. The highest BCUT2D eigenvalue weighted by Gasteiger charge is 2.26. The number of nitrogens with one attached hydrogen (secondary N) is 1. The molecule has 2 amide bonds. The Morgan fingerprint density at radius 2 is 1.16 bits per heavy atom. The van der Waals surface area contributed by atoms with Gasteiger partial charge in [-0.1, -0.05) is 46.4 Å². The van der Waals surface area contributed by atoms with E-state index in [-0.39, 0.29) is 34.3 Å². The zero-order valence-electron chi connectivity index (χ0n) is 32.5. The molecule has 2 aliphatic heterocycles. The number of benzene rings is 4. The fourth-order valence-electron chi connectivity index (χ4n) is 6.66. The third-order valence-corrected chi connectivity index (χ3v) is 11.1. The van der Waals surface area contributed by atoms with Crippen LogP contribution in [-0.4, -0.2) is 104 Å². The Bertz CT molecular complexity index is 2660. The number of carbonyl (C=O) groups excluding carboxylic acids is 2. The fourth-order valence-corrected chi connectivity index (χ4v) is 7.60. The number of anilines is 2. The lowest BCUT2D eigenvalue weighted by molar-refractivity contribution is -0.132. The van der Waals surface area contributed by atoms with Crippen LogP contribution in [-0.2, 0) is 16.1 Å². The first kappa shape index (κ1) is 45.4. The highest BCUT2D eigenvalue weighted by atomic mass is 35.5. The highest BCUT2D eigenvalue weighted by Crippen LogP contribution is 2.34. The molecule has 0 saturated carbocycles. The number of hydrogen-bond donors (Lipinski definition) is 1. The molecule has 4 aromatic carbocycles. The Labute approximate surface area is 371 Å². The van der Waals surface area contributed by atoms with E-state index in [1.54, 1.807) is 52.3 Å². The van der Waals surface area contributed by atoms with Crippen molar-refractivity contribution in [2.24, 2.45) is 0 Å². The van der Waals surface area contributed by atoms with Crippen molar-refractivity contribution >= 4 is 103 Å². The van der Waals surface area contributed by atoms with Crippen molar-refractivity contribution < 1.29 is 36.7 Å². The number of amides is 2. The van der Waals surface area contributed by atoms with Gasteiger partial charge in [0, 0.05) is 86.7 Å². The molecule has 2 fully saturated rings. The molecule has 0 radical (unpaired) electrons. The van der Waals surface area contributed by atoms with Crippen LogP contribution in [0.3, 0.4) is 0 Å². The summed E-state index contributed by atoms with van der Waals surface area (Å²) in [6.45, 7) is 3.64. The van der Waals surface area contributed by atoms with Gasteiger partial charge in [-0.2, -0.15) is 0 Å². The lowest BCUT2D eigenvalue weighted by Crippen LogP contribution is -2.50. The number of H-pyrrole nitrogens is 1. The minimum atomic E-state index is -0.616. The minimum Gasteiger partial charge on any atom is -0.495 e. The summed E-state index contributed by atoms with van der Waals surface area (Å²) in [7, 11) is 2.95. The van der Waals surface area contributed by atoms with Crippen molar-refractivity contribution in [3.63, 3.8) is 0 Å². The van der Waals surface area contributed by atoms with E-state index >= 15 is 0 Å². The maximum Gasteiger partial charge on any atom is 0.420 e. The molecule has 8 rings (SSSR count). The summed E-state index contributed by atoms with van der Waals surface area (Å²) in [5.74, 6) is -1.44. The number of aromatic nitrogens is 2. The van der Waals surface area contributed by atoms with Crippen molar-refractivity contribution in [2.75, 3.05) is 82.3 Å². The number of piperazine rings is 2. The van der Waals surface area contributed by atoms with Crippen LogP contribution in [0.5, 0.6) is 11.5 Å². The number of rotatable bonds is 7. The van der Waals surface area contributed by atoms with E-state index in [2.05, 4.69) is 4.98 Å². The number of fused-ring (bicyclic) bond motifs is 2. The highest BCUT2D eigenvalue weighted by molar-refractivity contribution is 6.32. The maximum atomic E-state index is 14.4. The van der Waals surface area contributed by atoms with Gasteiger partial charge in [-0.25, -0.2) is 18.4 Å². The summed E-state index contributed by atoms with van der Waals surface area (Å²) in [5, 5.41) is 1.44. The van der Waals surface area contributed by atoms with Crippen molar-refractivity contribution in [1.29, 1.82) is 0 Å². The van der Waals surface area contributed by atoms with E-state index in [4.69, 9.17) is 76.3 Å². The van der Waals surface area contributed by atoms with Gasteiger partial charge in [-0.15, -0.1) is 11.6 Å². The van der Waals surface area contributed by atoms with Crippen LogP contribution in [0.1, 0.15) is 0 Å². The molecule has 61 heavy (non-hydrogen) atoms. The van der Waals surface area contributed by atoms with Crippen LogP contribution in [0.15, 0.2) is 79.1 Å². The molecule has 0 bridgehead atoms. The average molecular weight is 945 g/mol. The summed E-state index contributed by atoms with van der Waals surface area (Å²) in [6.07, 6.45) is 0. The first-order valence-electron chi connectivity index (χ1n) is 18.4.